The molecule has 0 aliphatic heterocycles. The van der Waals surface area contributed by atoms with Crippen LogP contribution in [-0.4, -0.2) is 46.9 Å². The van der Waals surface area contributed by atoms with Crippen LogP contribution >= 0.6 is 0 Å². The highest BCUT2D eigenvalue weighted by Gasteiger charge is 2.24. The molecular formula is C51H91NO5. The lowest BCUT2D eigenvalue weighted by Crippen LogP contribution is -2.46. The second kappa shape index (κ2) is 44.7. The van der Waals surface area contributed by atoms with Crippen molar-refractivity contribution in [2.45, 2.75) is 244 Å². The summed E-state index contributed by atoms with van der Waals surface area (Å²) in [6, 6.07) is -0.714. The van der Waals surface area contributed by atoms with E-state index in [9.17, 15) is 19.8 Å². The minimum absolute atomic E-state index is 0.0476. The van der Waals surface area contributed by atoms with E-state index in [-0.39, 0.29) is 31.3 Å². The quantitative estimate of drug-likeness (QED) is 0.0325. The van der Waals surface area contributed by atoms with Gasteiger partial charge in [-0.3, -0.25) is 9.59 Å². The van der Waals surface area contributed by atoms with Crippen molar-refractivity contribution < 1.29 is 24.5 Å². The van der Waals surface area contributed by atoms with Gasteiger partial charge in [-0.15, -0.1) is 0 Å². The maximum Gasteiger partial charge on any atom is 0.306 e. The fraction of sp³-hybridized carbons (Fsp3) is 0.765. The third kappa shape index (κ3) is 40.1. The standard InChI is InChI=1S/C51H91NO5/c1-4-7-10-13-16-19-21-23-25-26-28-30-32-35-38-41-44-51(56)57-47(42-39-36-33-18-15-12-9-6-3)45-50(55)52-48(46-53)49(54)43-40-37-34-31-29-27-24-22-20-17-14-11-8-5-2/h7,10,16,19,23,25,28,30,35,38,47-49,53-54H,4-6,8-9,11-15,17-18,20-22,24,26-27,29,31-34,36-37,39-46H2,1-3H3,(H,52,55)/b10-7+,19-16+,25-23+,30-28+,38-35+. The van der Waals surface area contributed by atoms with Crippen molar-refractivity contribution in [3.8, 4) is 0 Å². The zero-order chi connectivity index (χ0) is 41.7. The lowest BCUT2D eigenvalue weighted by atomic mass is 10.0. The van der Waals surface area contributed by atoms with Crippen molar-refractivity contribution in [2.75, 3.05) is 6.61 Å². The topological polar surface area (TPSA) is 95.9 Å². The molecule has 1 amide bonds. The SMILES string of the molecule is CC/C=C/C/C=C/C/C=C/C/C=C/C/C=C/CCC(=O)OC(CCCCCCCCCC)CC(=O)NC(CO)C(O)CCCCCCCCCCCCCCCC. The van der Waals surface area contributed by atoms with E-state index in [2.05, 4.69) is 80.8 Å². The maximum absolute atomic E-state index is 13.1. The molecule has 330 valence electrons. The molecule has 0 heterocycles. The van der Waals surface area contributed by atoms with Crippen LogP contribution in [0.1, 0.15) is 226 Å². The Balaban J connectivity index is 4.56. The van der Waals surface area contributed by atoms with Gasteiger partial charge in [0.2, 0.25) is 5.91 Å². The van der Waals surface area contributed by atoms with Crippen LogP contribution in [0.3, 0.4) is 0 Å². The zero-order valence-electron chi connectivity index (χ0n) is 37.5. The van der Waals surface area contributed by atoms with Crippen molar-refractivity contribution in [1.82, 2.24) is 5.32 Å². The Labute approximate surface area is 352 Å². The fourth-order valence-electron chi connectivity index (χ4n) is 7.01. The third-order valence-corrected chi connectivity index (χ3v) is 10.6. The van der Waals surface area contributed by atoms with E-state index >= 15 is 0 Å². The van der Waals surface area contributed by atoms with Gasteiger partial charge in [0.05, 0.1) is 25.2 Å². The molecule has 3 N–H and O–H groups in total. The first-order valence-corrected chi connectivity index (χ1v) is 24.0. The molecule has 0 aliphatic carbocycles. The first-order chi connectivity index (χ1) is 28.0. The van der Waals surface area contributed by atoms with E-state index in [0.29, 0.717) is 19.3 Å². The number of esters is 1. The summed E-state index contributed by atoms with van der Waals surface area (Å²) >= 11 is 0. The van der Waals surface area contributed by atoms with Crippen LogP contribution in [0, 0.1) is 0 Å². The Bertz CT molecular complexity index is 1030. The van der Waals surface area contributed by atoms with Gasteiger partial charge in [0.15, 0.2) is 0 Å². The lowest BCUT2D eigenvalue weighted by molar-refractivity contribution is -0.150. The number of nitrogens with one attached hydrogen (secondary N) is 1. The summed E-state index contributed by atoms with van der Waals surface area (Å²) in [4.78, 5) is 25.9. The minimum atomic E-state index is -0.798. The third-order valence-electron chi connectivity index (χ3n) is 10.6. The number of aliphatic hydroxyl groups is 2. The van der Waals surface area contributed by atoms with Gasteiger partial charge < -0.3 is 20.3 Å². The summed E-state index contributed by atoms with van der Waals surface area (Å²) in [6.07, 6.45) is 54.4. The summed E-state index contributed by atoms with van der Waals surface area (Å²) < 4.78 is 5.85. The molecular weight excluding hydrogens is 707 g/mol. The van der Waals surface area contributed by atoms with E-state index in [1.807, 2.05) is 6.08 Å². The predicted molar refractivity (Wildman–Crippen MR) is 245 cm³/mol. The summed E-state index contributed by atoms with van der Waals surface area (Å²) in [6.45, 7) is 6.32. The number of hydrogen-bond acceptors (Lipinski definition) is 5. The van der Waals surface area contributed by atoms with Crippen LogP contribution in [0.5, 0.6) is 0 Å². The summed E-state index contributed by atoms with van der Waals surface area (Å²) in [7, 11) is 0. The molecule has 0 aromatic heterocycles. The van der Waals surface area contributed by atoms with Gasteiger partial charge in [0, 0.05) is 6.42 Å². The zero-order valence-corrected chi connectivity index (χ0v) is 37.5. The van der Waals surface area contributed by atoms with Gasteiger partial charge in [-0.1, -0.05) is 216 Å². The van der Waals surface area contributed by atoms with Crippen LogP contribution in [-0.2, 0) is 14.3 Å². The Morgan fingerprint density at radius 2 is 0.912 bits per heavy atom. The lowest BCUT2D eigenvalue weighted by Gasteiger charge is -2.24. The highest BCUT2D eigenvalue weighted by atomic mass is 16.5. The Kier molecular flexibility index (Phi) is 42.7. The number of carbonyl (C=O) groups is 2. The maximum atomic E-state index is 13.1. The van der Waals surface area contributed by atoms with Crippen LogP contribution in [0.4, 0.5) is 0 Å². The summed E-state index contributed by atoms with van der Waals surface area (Å²) in [5, 5.41) is 23.7. The van der Waals surface area contributed by atoms with Gasteiger partial charge in [0.1, 0.15) is 6.10 Å². The van der Waals surface area contributed by atoms with Crippen LogP contribution in [0.2, 0.25) is 0 Å². The number of ether oxygens (including phenoxy) is 1. The largest absolute Gasteiger partial charge is 0.462 e. The van der Waals surface area contributed by atoms with E-state index in [1.54, 1.807) is 0 Å². The average molecular weight is 798 g/mol. The van der Waals surface area contributed by atoms with E-state index < -0.39 is 18.2 Å². The normalized spacial score (nSPS) is 13.8. The first-order valence-electron chi connectivity index (χ1n) is 24.0. The molecule has 6 nitrogen and oxygen atoms in total. The molecule has 0 fully saturated rings. The minimum Gasteiger partial charge on any atom is -0.462 e. The van der Waals surface area contributed by atoms with E-state index in [1.165, 1.54) is 103 Å². The first kappa shape index (κ1) is 54.6. The van der Waals surface area contributed by atoms with Gasteiger partial charge in [-0.05, 0) is 57.8 Å². The average Bonchev–Trinajstić information content (AvgIpc) is 3.20. The molecule has 3 unspecified atom stereocenters. The van der Waals surface area contributed by atoms with Crippen molar-refractivity contribution in [2.24, 2.45) is 0 Å². The number of rotatable bonds is 42. The molecule has 0 aliphatic rings. The number of carbonyl (C=O) groups excluding carboxylic acids is 2. The molecule has 0 aromatic carbocycles. The molecule has 0 radical (unpaired) electrons. The monoisotopic (exact) mass is 798 g/mol. The molecule has 6 heteroatoms. The van der Waals surface area contributed by atoms with Crippen molar-refractivity contribution >= 4 is 11.9 Å². The van der Waals surface area contributed by atoms with Gasteiger partial charge >= 0.3 is 5.97 Å². The van der Waals surface area contributed by atoms with Crippen LogP contribution in [0.25, 0.3) is 0 Å². The highest BCUT2D eigenvalue weighted by Crippen LogP contribution is 2.17. The second-order valence-electron chi connectivity index (χ2n) is 16.1. The molecule has 0 spiro atoms. The van der Waals surface area contributed by atoms with Crippen molar-refractivity contribution in [3.63, 3.8) is 0 Å². The summed E-state index contributed by atoms with van der Waals surface area (Å²) in [5.74, 6) is -0.575. The Morgan fingerprint density at radius 1 is 0.526 bits per heavy atom. The second-order valence-corrected chi connectivity index (χ2v) is 16.1. The molecule has 0 bridgehead atoms. The number of amides is 1. The molecule has 57 heavy (non-hydrogen) atoms. The van der Waals surface area contributed by atoms with Crippen LogP contribution in [0.15, 0.2) is 60.8 Å². The molecule has 0 saturated heterocycles. The number of allylic oxidation sites excluding steroid dienone is 10. The van der Waals surface area contributed by atoms with Gasteiger partial charge in [0.25, 0.3) is 0 Å². The number of unbranched alkanes of at least 4 members (excludes halogenated alkanes) is 20. The number of aliphatic hydroxyl groups excluding tert-OH is 2. The smallest absolute Gasteiger partial charge is 0.306 e. The number of hydrogen-bond donors (Lipinski definition) is 3. The predicted octanol–water partition coefficient (Wildman–Crippen LogP) is 14.1. The summed E-state index contributed by atoms with van der Waals surface area (Å²) in [5.41, 5.74) is 0. The Morgan fingerprint density at radius 3 is 1.33 bits per heavy atom. The molecule has 3 atom stereocenters. The van der Waals surface area contributed by atoms with Crippen molar-refractivity contribution in [3.05, 3.63) is 60.8 Å². The highest BCUT2D eigenvalue weighted by molar-refractivity contribution is 5.77. The molecule has 0 saturated carbocycles. The molecule has 0 aromatic rings. The molecule has 0 rings (SSSR count). The van der Waals surface area contributed by atoms with Gasteiger partial charge in [-0.2, -0.15) is 0 Å². The van der Waals surface area contributed by atoms with Crippen LogP contribution < -0.4 is 5.32 Å². The van der Waals surface area contributed by atoms with Gasteiger partial charge in [-0.25, -0.2) is 0 Å². The van der Waals surface area contributed by atoms with E-state index in [0.717, 1.165) is 70.6 Å². The van der Waals surface area contributed by atoms with E-state index in [4.69, 9.17) is 4.74 Å². The Hall–Kier alpha value is -2.44. The van der Waals surface area contributed by atoms with Crippen molar-refractivity contribution in [1.29, 1.82) is 0 Å². The fourth-order valence-corrected chi connectivity index (χ4v) is 7.01.